The third-order valence-corrected chi connectivity index (χ3v) is 4.71. The molecule has 7 heteroatoms. The maximum atomic E-state index is 12.5. The average molecular weight is 343 g/mol. The second-order valence-corrected chi connectivity index (χ2v) is 6.50. The van der Waals surface area contributed by atoms with Gasteiger partial charge in [-0.2, -0.15) is 0 Å². The van der Waals surface area contributed by atoms with Crippen LogP contribution in [0.5, 0.6) is 5.75 Å². The number of nitrogens with one attached hydrogen (secondary N) is 1. The Morgan fingerprint density at radius 3 is 3.16 bits per heavy atom. The molecule has 0 spiro atoms. The van der Waals surface area contributed by atoms with Gasteiger partial charge in [0.15, 0.2) is 6.61 Å². The molecule has 1 aromatic carbocycles. The number of carbonyl (C=O) groups is 1. The molecule has 0 aliphatic carbocycles. The van der Waals surface area contributed by atoms with Gasteiger partial charge in [-0.3, -0.25) is 14.2 Å². The number of nitrogens with zero attached hydrogens (tertiary/aromatic N) is 2. The minimum Gasteiger partial charge on any atom is -0.484 e. The zero-order valence-electron chi connectivity index (χ0n) is 14.0. The van der Waals surface area contributed by atoms with Gasteiger partial charge < -0.3 is 14.8 Å². The van der Waals surface area contributed by atoms with Crippen LogP contribution < -0.4 is 15.6 Å². The lowest BCUT2D eigenvalue weighted by molar-refractivity contribution is -0.123. The van der Waals surface area contributed by atoms with Crippen LogP contribution in [0.1, 0.15) is 25.1 Å². The van der Waals surface area contributed by atoms with Gasteiger partial charge in [-0.15, -0.1) is 0 Å². The molecule has 2 aliphatic rings. The van der Waals surface area contributed by atoms with Crippen LogP contribution in [0.3, 0.4) is 0 Å². The van der Waals surface area contributed by atoms with E-state index in [0.717, 1.165) is 38.1 Å². The summed E-state index contributed by atoms with van der Waals surface area (Å²) in [6.45, 7) is 1.91. The van der Waals surface area contributed by atoms with Crippen molar-refractivity contribution in [1.82, 2.24) is 14.9 Å². The Morgan fingerprint density at radius 1 is 1.40 bits per heavy atom. The molecule has 1 amide bonds. The van der Waals surface area contributed by atoms with Crippen LogP contribution in [0.4, 0.5) is 0 Å². The monoisotopic (exact) mass is 343 g/mol. The van der Waals surface area contributed by atoms with Gasteiger partial charge in [0.2, 0.25) is 0 Å². The first-order chi connectivity index (χ1) is 12.2. The summed E-state index contributed by atoms with van der Waals surface area (Å²) in [5, 5.41) is 3.34. The highest BCUT2D eigenvalue weighted by molar-refractivity contribution is 5.80. The fraction of sp³-hybridized carbons (Fsp3) is 0.500. The van der Waals surface area contributed by atoms with Crippen molar-refractivity contribution in [3.63, 3.8) is 0 Å². The Hall–Kier alpha value is -2.41. The van der Waals surface area contributed by atoms with Gasteiger partial charge in [0, 0.05) is 26.1 Å². The van der Waals surface area contributed by atoms with Gasteiger partial charge in [0.05, 0.1) is 17.0 Å². The van der Waals surface area contributed by atoms with E-state index in [2.05, 4.69) is 10.3 Å². The fourth-order valence-electron chi connectivity index (χ4n) is 3.39. The lowest BCUT2D eigenvalue weighted by Gasteiger charge is -2.12. The lowest BCUT2D eigenvalue weighted by atomic mass is 10.2. The molecule has 4 rings (SSSR count). The topological polar surface area (TPSA) is 82.5 Å². The standard InChI is InChI=1S/C18H21N3O4/c22-17(19-10-13-3-2-8-24-13)11-25-12-5-6-15-14(9-12)18(23)21-7-1-4-16(21)20-15/h5-6,9,13H,1-4,7-8,10-11H2,(H,19,22)/t13-/m0/s1. The van der Waals surface area contributed by atoms with Crippen molar-refractivity contribution >= 4 is 16.8 Å². The van der Waals surface area contributed by atoms with E-state index in [0.29, 0.717) is 29.7 Å². The van der Waals surface area contributed by atoms with Crippen LogP contribution in [0.15, 0.2) is 23.0 Å². The van der Waals surface area contributed by atoms with Crippen LogP contribution in [-0.2, 0) is 22.5 Å². The summed E-state index contributed by atoms with van der Waals surface area (Å²) < 4.78 is 12.7. The van der Waals surface area contributed by atoms with Crippen molar-refractivity contribution in [3.8, 4) is 5.75 Å². The van der Waals surface area contributed by atoms with Gasteiger partial charge in [0.1, 0.15) is 11.6 Å². The summed E-state index contributed by atoms with van der Waals surface area (Å²) in [4.78, 5) is 29.0. The Kier molecular flexibility index (Phi) is 4.40. The quantitative estimate of drug-likeness (QED) is 0.876. The van der Waals surface area contributed by atoms with Crippen LogP contribution in [-0.4, -0.2) is 41.3 Å². The molecule has 1 atom stereocenters. The second kappa shape index (κ2) is 6.84. The number of hydrogen-bond donors (Lipinski definition) is 1. The Balaban J connectivity index is 1.41. The predicted molar refractivity (Wildman–Crippen MR) is 91.8 cm³/mol. The van der Waals surface area contributed by atoms with Crippen LogP contribution in [0, 0.1) is 0 Å². The predicted octanol–water partition coefficient (Wildman–Crippen LogP) is 1.02. The molecule has 0 bridgehead atoms. The summed E-state index contributed by atoms with van der Waals surface area (Å²) in [6.07, 6.45) is 3.92. The molecule has 0 saturated carbocycles. The second-order valence-electron chi connectivity index (χ2n) is 6.50. The highest BCUT2D eigenvalue weighted by Gasteiger charge is 2.17. The Labute approximate surface area is 145 Å². The number of fused-ring (bicyclic) bond motifs is 2. The number of hydrogen-bond acceptors (Lipinski definition) is 5. The van der Waals surface area contributed by atoms with E-state index >= 15 is 0 Å². The molecule has 2 aliphatic heterocycles. The van der Waals surface area contributed by atoms with Gasteiger partial charge in [-0.1, -0.05) is 0 Å². The molecular weight excluding hydrogens is 322 g/mol. The average Bonchev–Trinajstić information content (AvgIpc) is 3.30. The molecule has 25 heavy (non-hydrogen) atoms. The summed E-state index contributed by atoms with van der Waals surface area (Å²) in [5.74, 6) is 1.15. The van der Waals surface area contributed by atoms with E-state index in [4.69, 9.17) is 9.47 Å². The molecule has 132 valence electrons. The van der Waals surface area contributed by atoms with Crippen molar-refractivity contribution in [1.29, 1.82) is 0 Å². The van der Waals surface area contributed by atoms with E-state index in [1.165, 1.54) is 0 Å². The first-order valence-corrected chi connectivity index (χ1v) is 8.75. The minimum absolute atomic E-state index is 0.0363. The summed E-state index contributed by atoms with van der Waals surface area (Å²) in [5.41, 5.74) is 0.638. The first-order valence-electron chi connectivity index (χ1n) is 8.75. The number of ether oxygens (including phenoxy) is 2. The molecule has 0 unspecified atom stereocenters. The third kappa shape index (κ3) is 3.37. The van der Waals surface area contributed by atoms with Crippen molar-refractivity contribution in [3.05, 3.63) is 34.4 Å². The Morgan fingerprint density at radius 2 is 2.32 bits per heavy atom. The van der Waals surface area contributed by atoms with Crippen molar-refractivity contribution in [2.75, 3.05) is 19.8 Å². The van der Waals surface area contributed by atoms with E-state index in [1.807, 2.05) is 0 Å². The largest absolute Gasteiger partial charge is 0.484 e. The SMILES string of the molecule is O=C(COc1ccc2nc3n(c(=O)c2c1)CCC3)NC[C@@H]1CCCO1. The zero-order valence-corrected chi connectivity index (χ0v) is 14.0. The molecule has 0 radical (unpaired) electrons. The number of rotatable bonds is 5. The lowest BCUT2D eigenvalue weighted by Crippen LogP contribution is -2.35. The summed E-state index contributed by atoms with van der Waals surface area (Å²) in [6, 6.07) is 5.19. The number of aryl methyl sites for hydroxylation is 1. The first kappa shape index (κ1) is 16.1. The molecular formula is C18H21N3O4. The molecule has 1 saturated heterocycles. The van der Waals surface area contributed by atoms with Gasteiger partial charge in [0.25, 0.3) is 11.5 Å². The van der Waals surface area contributed by atoms with Crippen LogP contribution in [0.25, 0.3) is 10.9 Å². The molecule has 1 N–H and O–H groups in total. The van der Waals surface area contributed by atoms with E-state index < -0.39 is 0 Å². The molecule has 2 aromatic rings. The highest BCUT2D eigenvalue weighted by atomic mass is 16.5. The number of aromatic nitrogens is 2. The van der Waals surface area contributed by atoms with Gasteiger partial charge >= 0.3 is 0 Å². The van der Waals surface area contributed by atoms with Crippen molar-refractivity contribution in [2.24, 2.45) is 0 Å². The fourth-order valence-corrected chi connectivity index (χ4v) is 3.39. The minimum atomic E-state index is -0.195. The number of benzene rings is 1. The molecule has 3 heterocycles. The van der Waals surface area contributed by atoms with Gasteiger partial charge in [-0.05, 0) is 37.5 Å². The maximum Gasteiger partial charge on any atom is 0.261 e. The summed E-state index contributed by atoms with van der Waals surface area (Å²) in [7, 11) is 0. The maximum absolute atomic E-state index is 12.5. The molecule has 1 aromatic heterocycles. The van der Waals surface area contributed by atoms with Gasteiger partial charge in [-0.25, -0.2) is 4.98 Å². The zero-order chi connectivity index (χ0) is 17.2. The normalized spacial score (nSPS) is 19.1. The molecule has 1 fully saturated rings. The number of carbonyl (C=O) groups excluding carboxylic acids is 1. The van der Waals surface area contributed by atoms with Crippen molar-refractivity contribution < 1.29 is 14.3 Å². The highest BCUT2D eigenvalue weighted by Crippen LogP contribution is 2.19. The Bertz CT molecular complexity index is 855. The van der Waals surface area contributed by atoms with E-state index in [9.17, 15) is 9.59 Å². The smallest absolute Gasteiger partial charge is 0.261 e. The number of amides is 1. The van der Waals surface area contributed by atoms with Crippen LogP contribution in [0.2, 0.25) is 0 Å². The summed E-state index contributed by atoms with van der Waals surface area (Å²) >= 11 is 0. The molecule has 7 nitrogen and oxygen atoms in total. The van der Waals surface area contributed by atoms with E-state index in [1.54, 1.807) is 22.8 Å². The van der Waals surface area contributed by atoms with Crippen LogP contribution >= 0.6 is 0 Å². The third-order valence-electron chi connectivity index (χ3n) is 4.71. The van der Waals surface area contributed by atoms with E-state index in [-0.39, 0.29) is 24.2 Å². The van der Waals surface area contributed by atoms with Crippen molar-refractivity contribution in [2.45, 2.75) is 38.3 Å².